The summed E-state index contributed by atoms with van der Waals surface area (Å²) in [7, 11) is 0. The second-order valence-electron chi connectivity index (χ2n) is 2.45. The maximum absolute atomic E-state index is 11.1. The number of carbonyl (C=O) groups excluding carboxylic acids is 2. The highest BCUT2D eigenvalue weighted by Crippen LogP contribution is 2.22. The van der Waals surface area contributed by atoms with Crippen molar-refractivity contribution in [3.63, 3.8) is 0 Å². The molecule has 68 valence electrons. The minimum Gasteiger partial charge on any atom is -0.285 e. The van der Waals surface area contributed by atoms with E-state index in [9.17, 15) is 9.59 Å². The fraction of sp³-hybridized carbons (Fsp3) is 0.111. The molecule has 0 N–H and O–H groups in total. The highest BCUT2D eigenvalue weighted by Gasteiger charge is 2.23. The van der Waals surface area contributed by atoms with E-state index in [-0.39, 0.29) is 9.39 Å². The second-order valence-corrected chi connectivity index (χ2v) is 4.02. The summed E-state index contributed by atoms with van der Waals surface area (Å²) in [5.41, 5.74) is 0.686. The summed E-state index contributed by atoms with van der Waals surface area (Å²) in [6.45, 7) is 0. The van der Waals surface area contributed by atoms with Crippen molar-refractivity contribution >= 4 is 41.2 Å². The Morgan fingerprint density at radius 3 is 1.85 bits per heavy atom. The second kappa shape index (κ2) is 4.67. The van der Waals surface area contributed by atoms with E-state index in [1.165, 1.54) is 0 Å². The molecular formula is C9H6Br2O2. The number of benzene rings is 1. The first-order valence-electron chi connectivity index (χ1n) is 3.56. The van der Waals surface area contributed by atoms with Gasteiger partial charge in [-0.25, -0.2) is 0 Å². The highest BCUT2D eigenvalue weighted by molar-refractivity contribution is 9.19. The molecule has 1 aromatic carbocycles. The van der Waals surface area contributed by atoms with Crippen molar-refractivity contribution in [2.45, 2.75) is 5.92 Å². The predicted molar refractivity (Wildman–Crippen MR) is 57.1 cm³/mol. The zero-order valence-corrected chi connectivity index (χ0v) is 9.71. The van der Waals surface area contributed by atoms with Crippen LogP contribution < -0.4 is 0 Å². The van der Waals surface area contributed by atoms with Gasteiger partial charge in [-0.2, -0.15) is 0 Å². The lowest BCUT2D eigenvalue weighted by Gasteiger charge is -2.06. The van der Waals surface area contributed by atoms with Crippen molar-refractivity contribution in [2.75, 3.05) is 0 Å². The molecule has 13 heavy (non-hydrogen) atoms. The molecule has 0 bridgehead atoms. The summed E-state index contributed by atoms with van der Waals surface area (Å²) in [4.78, 5) is 22.1. The van der Waals surface area contributed by atoms with Crippen molar-refractivity contribution in [1.82, 2.24) is 0 Å². The van der Waals surface area contributed by atoms with Gasteiger partial charge in [0, 0.05) is 0 Å². The van der Waals surface area contributed by atoms with Crippen molar-refractivity contribution in [3.05, 3.63) is 35.9 Å². The van der Waals surface area contributed by atoms with E-state index in [1.54, 1.807) is 24.3 Å². The summed E-state index contributed by atoms with van der Waals surface area (Å²) < 4.78 is -0.666. The number of carbonyl (C=O) groups is 2. The lowest BCUT2D eigenvalue weighted by atomic mass is 10.0. The van der Waals surface area contributed by atoms with Gasteiger partial charge in [0.25, 0.3) is 0 Å². The van der Waals surface area contributed by atoms with Crippen LogP contribution in [0.15, 0.2) is 30.3 Å². The topological polar surface area (TPSA) is 34.1 Å². The Balaban J connectivity index is 3.03. The normalized spacial score (nSPS) is 10.1. The summed E-state index contributed by atoms with van der Waals surface area (Å²) in [6, 6.07) is 8.88. The van der Waals surface area contributed by atoms with Gasteiger partial charge in [0.2, 0.25) is 9.39 Å². The van der Waals surface area contributed by atoms with Crippen LogP contribution >= 0.6 is 31.9 Å². The molecular weight excluding hydrogens is 300 g/mol. The van der Waals surface area contributed by atoms with E-state index >= 15 is 0 Å². The molecule has 0 aliphatic heterocycles. The molecule has 0 saturated carbocycles. The molecule has 0 amide bonds. The van der Waals surface area contributed by atoms with Gasteiger partial charge in [0.15, 0.2) is 0 Å². The Hall–Kier alpha value is -0.480. The van der Waals surface area contributed by atoms with E-state index in [4.69, 9.17) is 0 Å². The van der Waals surface area contributed by atoms with E-state index in [0.29, 0.717) is 5.56 Å². The Morgan fingerprint density at radius 1 is 1.00 bits per heavy atom. The Bertz CT molecular complexity index is 308. The fourth-order valence-electron chi connectivity index (χ4n) is 0.997. The van der Waals surface area contributed by atoms with Crippen LogP contribution in [0.25, 0.3) is 0 Å². The molecule has 4 heteroatoms. The van der Waals surface area contributed by atoms with Gasteiger partial charge in [0.1, 0.15) is 5.92 Å². The molecule has 0 unspecified atom stereocenters. The first-order chi connectivity index (χ1) is 6.13. The molecule has 0 spiro atoms. The number of rotatable bonds is 3. The minimum absolute atomic E-state index is 0.333. The lowest BCUT2D eigenvalue weighted by Crippen LogP contribution is -2.12. The first-order valence-corrected chi connectivity index (χ1v) is 5.15. The van der Waals surface area contributed by atoms with Gasteiger partial charge < -0.3 is 0 Å². The smallest absolute Gasteiger partial charge is 0.213 e. The van der Waals surface area contributed by atoms with Crippen LogP contribution in [0.5, 0.6) is 0 Å². The largest absolute Gasteiger partial charge is 0.285 e. The third-order valence-corrected chi connectivity index (χ3v) is 2.50. The highest BCUT2D eigenvalue weighted by atomic mass is 79.9. The molecule has 1 aromatic rings. The molecule has 0 radical (unpaired) electrons. The van der Waals surface area contributed by atoms with Crippen molar-refractivity contribution < 1.29 is 9.59 Å². The van der Waals surface area contributed by atoms with Gasteiger partial charge in [-0.15, -0.1) is 0 Å². The van der Waals surface area contributed by atoms with Crippen LogP contribution in [-0.2, 0) is 9.59 Å². The van der Waals surface area contributed by atoms with Crippen molar-refractivity contribution in [2.24, 2.45) is 0 Å². The van der Waals surface area contributed by atoms with Crippen LogP contribution in [0.1, 0.15) is 11.5 Å². The third-order valence-electron chi connectivity index (χ3n) is 1.59. The summed E-state index contributed by atoms with van der Waals surface area (Å²) in [5, 5.41) is 0. The Morgan fingerprint density at radius 2 is 1.46 bits per heavy atom. The van der Waals surface area contributed by atoms with Gasteiger partial charge in [0.05, 0.1) is 0 Å². The van der Waals surface area contributed by atoms with Gasteiger partial charge in [-0.3, -0.25) is 9.59 Å². The van der Waals surface area contributed by atoms with Gasteiger partial charge in [-0.05, 0) is 37.4 Å². The fourth-order valence-corrected chi connectivity index (χ4v) is 2.25. The van der Waals surface area contributed by atoms with E-state index in [2.05, 4.69) is 31.9 Å². The van der Waals surface area contributed by atoms with E-state index in [0.717, 1.165) is 0 Å². The van der Waals surface area contributed by atoms with Crippen LogP contribution in [0, 0.1) is 0 Å². The summed E-state index contributed by atoms with van der Waals surface area (Å²) in [5.74, 6) is -0.749. The standard InChI is InChI=1S/C9H6Br2O2/c10-8(12)7(9(11)13)6-4-2-1-3-5-6/h1-5,7H. The molecule has 0 aromatic heterocycles. The average molecular weight is 306 g/mol. The number of halogens is 2. The zero-order chi connectivity index (χ0) is 9.84. The molecule has 0 atom stereocenters. The Labute approximate surface area is 92.6 Å². The quantitative estimate of drug-likeness (QED) is 0.635. The van der Waals surface area contributed by atoms with Crippen LogP contribution in [0.4, 0.5) is 0 Å². The molecule has 0 aliphatic rings. The van der Waals surface area contributed by atoms with Crippen molar-refractivity contribution in [3.8, 4) is 0 Å². The monoisotopic (exact) mass is 304 g/mol. The maximum atomic E-state index is 11.1. The van der Waals surface area contributed by atoms with E-state index < -0.39 is 5.92 Å². The van der Waals surface area contributed by atoms with Crippen LogP contribution in [-0.4, -0.2) is 9.39 Å². The summed E-state index contributed by atoms with van der Waals surface area (Å²) >= 11 is 5.58. The average Bonchev–Trinajstić information content (AvgIpc) is 2.04. The molecule has 2 nitrogen and oxygen atoms in total. The summed E-state index contributed by atoms with van der Waals surface area (Å²) in [6.07, 6.45) is 0. The van der Waals surface area contributed by atoms with Crippen molar-refractivity contribution in [1.29, 1.82) is 0 Å². The molecule has 0 saturated heterocycles. The minimum atomic E-state index is -0.749. The zero-order valence-electron chi connectivity index (χ0n) is 6.54. The first kappa shape index (κ1) is 10.6. The Kier molecular flexibility index (Phi) is 3.81. The molecule has 0 aliphatic carbocycles. The van der Waals surface area contributed by atoms with Crippen LogP contribution in [0.2, 0.25) is 0 Å². The lowest BCUT2D eigenvalue weighted by molar-refractivity contribution is -0.119. The van der Waals surface area contributed by atoms with Gasteiger partial charge >= 0.3 is 0 Å². The predicted octanol–water partition coefficient (Wildman–Crippen LogP) is 2.61. The molecule has 1 rings (SSSR count). The third kappa shape index (κ3) is 2.74. The number of hydrogen-bond donors (Lipinski definition) is 0. The number of hydrogen-bond acceptors (Lipinski definition) is 2. The molecule has 0 heterocycles. The van der Waals surface area contributed by atoms with E-state index in [1.807, 2.05) is 6.07 Å². The van der Waals surface area contributed by atoms with Gasteiger partial charge in [-0.1, -0.05) is 30.3 Å². The molecule has 0 fully saturated rings. The maximum Gasteiger partial charge on any atom is 0.213 e. The SMILES string of the molecule is O=C(Br)C(C(=O)Br)c1ccccc1. The van der Waals surface area contributed by atoms with Crippen LogP contribution in [0.3, 0.4) is 0 Å².